The molecule has 0 saturated heterocycles. The normalized spacial score (nSPS) is 13.6. The molecule has 13 heavy (non-hydrogen) atoms. The van der Waals surface area contributed by atoms with Crippen LogP contribution in [0.2, 0.25) is 0 Å². The third-order valence-electron chi connectivity index (χ3n) is 1.93. The fourth-order valence-electron chi connectivity index (χ4n) is 0.948. The van der Waals surface area contributed by atoms with Crippen LogP contribution in [0.15, 0.2) is 24.3 Å². The highest BCUT2D eigenvalue weighted by Gasteiger charge is 2.04. The standard InChI is InChI=1S/C11H18O2/c1-5-7-9(3)10(4)8-11(12)13-6-2/h5,8-9H,1,6-7H2,2-4H3. The van der Waals surface area contributed by atoms with Gasteiger partial charge in [0.05, 0.1) is 6.61 Å². The number of ether oxygens (including phenoxy) is 1. The van der Waals surface area contributed by atoms with Gasteiger partial charge in [-0.3, -0.25) is 0 Å². The van der Waals surface area contributed by atoms with E-state index in [1.54, 1.807) is 13.0 Å². The second-order valence-electron chi connectivity index (χ2n) is 3.07. The van der Waals surface area contributed by atoms with Crippen molar-refractivity contribution < 1.29 is 9.53 Å². The van der Waals surface area contributed by atoms with E-state index in [-0.39, 0.29) is 5.97 Å². The lowest BCUT2D eigenvalue weighted by molar-refractivity contribution is -0.137. The zero-order valence-electron chi connectivity index (χ0n) is 8.67. The van der Waals surface area contributed by atoms with Crippen molar-refractivity contribution >= 4 is 5.97 Å². The van der Waals surface area contributed by atoms with Crippen molar-refractivity contribution in [2.24, 2.45) is 5.92 Å². The van der Waals surface area contributed by atoms with E-state index in [0.29, 0.717) is 12.5 Å². The first kappa shape index (κ1) is 11.9. The summed E-state index contributed by atoms with van der Waals surface area (Å²) in [5.41, 5.74) is 1.04. The minimum Gasteiger partial charge on any atom is -0.463 e. The van der Waals surface area contributed by atoms with Gasteiger partial charge in [0.15, 0.2) is 0 Å². The van der Waals surface area contributed by atoms with E-state index >= 15 is 0 Å². The molecule has 2 heteroatoms. The third-order valence-corrected chi connectivity index (χ3v) is 1.93. The number of hydrogen-bond acceptors (Lipinski definition) is 2. The first-order chi connectivity index (χ1) is 6.11. The molecule has 0 N–H and O–H groups in total. The Morgan fingerprint density at radius 3 is 2.69 bits per heavy atom. The molecule has 0 aliphatic rings. The Hall–Kier alpha value is -1.05. The zero-order chi connectivity index (χ0) is 10.3. The maximum Gasteiger partial charge on any atom is 0.330 e. The van der Waals surface area contributed by atoms with E-state index < -0.39 is 0 Å². The molecular formula is C11H18O2. The number of carbonyl (C=O) groups excluding carboxylic acids is 1. The Labute approximate surface area is 80.3 Å². The highest BCUT2D eigenvalue weighted by Crippen LogP contribution is 2.13. The number of allylic oxidation sites excluding steroid dienone is 2. The Kier molecular flexibility index (Phi) is 5.94. The quantitative estimate of drug-likeness (QED) is 0.371. The first-order valence-corrected chi connectivity index (χ1v) is 4.57. The smallest absolute Gasteiger partial charge is 0.330 e. The van der Waals surface area contributed by atoms with Crippen LogP contribution in [0, 0.1) is 5.92 Å². The molecular weight excluding hydrogens is 164 g/mol. The number of carbonyl (C=O) groups is 1. The molecule has 0 rings (SSSR count). The van der Waals surface area contributed by atoms with Gasteiger partial charge in [-0.15, -0.1) is 6.58 Å². The molecule has 0 spiro atoms. The zero-order valence-corrected chi connectivity index (χ0v) is 8.67. The van der Waals surface area contributed by atoms with Gasteiger partial charge in [0.25, 0.3) is 0 Å². The lowest BCUT2D eigenvalue weighted by atomic mass is 9.99. The summed E-state index contributed by atoms with van der Waals surface area (Å²) in [4.78, 5) is 11.0. The summed E-state index contributed by atoms with van der Waals surface area (Å²) >= 11 is 0. The maximum absolute atomic E-state index is 11.0. The molecule has 0 fully saturated rings. The van der Waals surface area contributed by atoms with Crippen molar-refractivity contribution in [2.45, 2.75) is 27.2 Å². The fourth-order valence-corrected chi connectivity index (χ4v) is 0.948. The van der Waals surface area contributed by atoms with Crippen molar-refractivity contribution in [3.63, 3.8) is 0 Å². The SMILES string of the molecule is C=CCC(C)C(C)=CC(=O)OCC. The van der Waals surface area contributed by atoms with Crippen molar-refractivity contribution in [1.82, 2.24) is 0 Å². The molecule has 0 aromatic heterocycles. The van der Waals surface area contributed by atoms with E-state index in [1.807, 2.05) is 13.0 Å². The highest BCUT2D eigenvalue weighted by atomic mass is 16.5. The van der Waals surface area contributed by atoms with E-state index in [4.69, 9.17) is 4.74 Å². The first-order valence-electron chi connectivity index (χ1n) is 4.57. The van der Waals surface area contributed by atoms with Gasteiger partial charge < -0.3 is 4.74 Å². The van der Waals surface area contributed by atoms with Gasteiger partial charge in [-0.2, -0.15) is 0 Å². The molecule has 2 nitrogen and oxygen atoms in total. The average Bonchev–Trinajstić information content (AvgIpc) is 2.05. The molecule has 1 unspecified atom stereocenters. The lowest BCUT2D eigenvalue weighted by Crippen LogP contribution is -2.03. The molecule has 0 heterocycles. The van der Waals surface area contributed by atoms with Crippen molar-refractivity contribution in [2.75, 3.05) is 6.61 Å². The molecule has 0 bridgehead atoms. The molecule has 0 aliphatic carbocycles. The second kappa shape index (κ2) is 6.46. The number of rotatable bonds is 5. The Balaban J connectivity index is 4.13. The van der Waals surface area contributed by atoms with Crippen LogP contribution >= 0.6 is 0 Å². The van der Waals surface area contributed by atoms with Crippen LogP contribution in [0.3, 0.4) is 0 Å². The number of esters is 1. The fraction of sp³-hybridized carbons (Fsp3) is 0.545. The molecule has 0 aromatic carbocycles. The van der Waals surface area contributed by atoms with Crippen molar-refractivity contribution in [1.29, 1.82) is 0 Å². The van der Waals surface area contributed by atoms with Gasteiger partial charge in [-0.25, -0.2) is 4.79 Å². The Bertz CT molecular complexity index is 204. The molecule has 0 amide bonds. The number of hydrogen-bond donors (Lipinski definition) is 0. The van der Waals surface area contributed by atoms with Gasteiger partial charge in [-0.1, -0.05) is 18.6 Å². The van der Waals surface area contributed by atoms with Crippen LogP contribution in [0.25, 0.3) is 0 Å². The Morgan fingerprint density at radius 1 is 1.62 bits per heavy atom. The predicted molar refractivity (Wildman–Crippen MR) is 54.4 cm³/mol. The highest BCUT2D eigenvalue weighted by molar-refractivity contribution is 5.82. The van der Waals surface area contributed by atoms with Crippen LogP contribution < -0.4 is 0 Å². The topological polar surface area (TPSA) is 26.3 Å². The molecule has 1 atom stereocenters. The summed E-state index contributed by atoms with van der Waals surface area (Å²) in [7, 11) is 0. The van der Waals surface area contributed by atoms with Gasteiger partial charge >= 0.3 is 5.97 Å². The lowest BCUT2D eigenvalue weighted by Gasteiger charge is -2.08. The van der Waals surface area contributed by atoms with Crippen LogP contribution in [0.5, 0.6) is 0 Å². The summed E-state index contributed by atoms with van der Waals surface area (Å²) in [6.45, 7) is 9.88. The third kappa shape index (κ3) is 5.23. The van der Waals surface area contributed by atoms with Gasteiger partial charge in [-0.05, 0) is 26.2 Å². The second-order valence-corrected chi connectivity index (χ2v) is 3.07. The monoisotopic (exact) mass is 182 g/mol. The summed E-state index contributed by atoms with van der Waals surface area (Å²) < 4.78 is 4.80. The van der Waals surface area contributed by atoms with Crippen LogP contribution in [0.4, 0.5) is 0 Å². The minimum absolute atomic E-state index is 0.254. The summed E-state index contributed by atoms with van der Waals surface area (Å²) in [5, 5.41) is 0. The van der Waals surface area contributed by atoms with Crippen molar-refractivity contribution in [3.8, 4) is 0 Å². The molecule has 0 aliphatic heterocycles. The largest absolute Gasteiger partial charge is 0.463 e. The molecule has 74 valence electrons. The molecule has 0 aromatic rings. The van der Waals surface area contributed by atoms with E-state index in [0.717, 1.165) is 12.0 Å². The van der Waals surface area contributed by atoms with Crippen LogP contribution in [-0.4, -0.2) is 12.6 Å². The van der Waals surface area contributed by atoms with Crippen LogP contribution in [-0.2, 0) is 9.53 Å². The summed E-state index contributed by atoms with van der Waals surface area (Å²) in [6, 6.07) is 0. The van der Waals surface area contributed by atoms with Gasteiger partial charge in [0, 0.05) is 6.08 Å². The van der Waals surface area contributed by atoms with Crippen LogP contribution in [0.1, 0.15) is 27.2 Å². The van der Waals surface area contributed by atoms with E-state index in [1.165, 1.54) is 0 Å². The average molecular weight is 182 g/mol. The van der Waals surface area contributed by atoms with Gasteiger partial charge in [0.1, 0.15) is 0 Å². The Morgan fingerprint density at radius 2 is 2.23 bits per heavy atom. The molecule has 0 radical (unpaired) electrons. The summed E-state index contributed by atoms with van der Waals surface area (Å²) in [5.74, 6) is 0.109. The van der Waals surface area contributed by atoms with E-state index in [9.17, 15) is 4.79 Å². The summed E-state index contributed by atoms with van der Waals surface area (Å²) in [6.07, 6.45) is 4.30. The van der Waals surface area contributed by atoms with E-state index in [2.05, 4.69) is 13.5 Å². The molecule has 0 saturated carbocycles. The van der Waals surface area contributed by atoms with Gasteiger partial charge in [0.2, 0.25) is 0 Å². The van der Waals surface area contributed by atoms with Crippen molar-refractivity contribution in [3.05, 3.63) is 24.3 Å². The minimum atomic E-state index is -0.254. The maximum atomic E-state index is 11.0. The predicted octanol–water partition coefficient (Wildman–Crippen LogP) is 2.71.